The molecule has 4 heteroatoms. The standard InChI is InChI=1S/C12H20N2O2/c1-16-11-8-5-9(11)7-14(6-8)12(15)10-3-2-4-13-10/h8-11,13H,2-7H2,1H3/t8-,9-,10-/m0/s1. The zero-order chi connectivity index (χ0) is 11.1. The first kappa shape index (κ1) is 10.5. The maximum absolute atomic E-state index is 12.2. The van der Waals surface area contributed by atoms with Crippen molar-refractivity contribution in [3.8, 4) is 0 Å². The van der Waals surface area contributed by atoms with Gasteiger partial charge in [-0.2, -0.15) is 0 Å². The number of rotatable bonds is 2. The Morgan fingerprint density at radius 1 is 1.38 bits per heavy atom. The summed E-state index contributed by atoms with van der Waals surface area (Å²) in [5.74, 6) is 1.50. The lowest BCUT2D eigenvalue weighted by molar-refractivity contribution is -0.157. The van der Waals surface area contributed by atoms with Crippen molar-refractivity contribution in [3.63, 3.8) is 0 Å². The van der Waals surface area contributed by atoms with E-state index in [0.29, 0.717) is 23.8 Å². The molecule has 90 valence electrons. The van der Waals surface area contributed by atoms with Gasteiger partial charge in [-0.1, -0.05) is 0 Å². The van der Waals surface area contributed by atoms with Crippen molar-refractivity contribution in [2.75, 3.05) is 26.7 Å². The fourth-order valence-corrected chi connectivity index (χ4v) is 3.52. The van der Waals surface area contributed by atoms with Gasteiger partial charge in [0.2, 0.25) is 5.91 Å². The molecule has 0 aromatic rings. The zero-order valence-corrected chi connectivity index (χ0v) is 9.82. The molecule has 0 unspecified atom stereocenters. The third kappa shape index (κ3) is 1.55. The number of fused-ring (bicyclic) bond motifs is 2. The Morgan fingerprint density at radius 3 is 2.69 bits per heavy atom. The molecule has 0 radical (unpaired) electrons. The molecule has 1 aliphatic carbocycles. The number of nitrogens with zero attached hydrogens (tertiary/aromatic N) is 1. The predicted molar refractivity (Wildman–Crippen MR) is 60.0 cm³/mol. The quantitative estimate of drug-likeness (QED) is 0.730. The minimum Gasteiger partial charge on any atom is -0.381 e. The summed E-state index contributed by atoms with van der Waals surface area (Å²) < 4.78 is 5.45. The Hall–Kier alpha value is -0.610. The number of amides is 1. The van der Waals surface area contributed by atoms with Crippen molar-refractivity contribution in [3.05, 3.63) is 0 Å². The van der Waals surface area contributed by atoms with Gasteiger partial charge in [-0.05, 0) is 25.8 Å². The van der Waals surface area contributed by atoms with E-state index in [0.717, 1.165) is 32.5 Å². The second-order valence-electron chi connectivity index (χ2n) is 5.35. The summed E-state index contributed by atoms with van der Waals surface area (Å²) in [5.41, 5.74) is 0. The largest absolute Gasteiger partial charge is 0.381 e. The number of carbonyl (C=O) groups is 1. The summed E-state index contributed by atoms with van der Waals surface area (Å²) >= 11 is 0. The van der Waals surface area contributed by atoms with Crippen molar-refractivity contribution in [1.82, 2.24) is 10.2 Å². The minimum absolute atomic E-state index is 0.0958. The SMILES string of the molecule is COC1[C@H]2C[C@H]1CN(C(=O)[C@@H]1CCCN1)C2. The van der Waals surface area contributed by atoms with Crippen LogP contribution in [0.25, 0.3) is 0 Å². The molecule has 3 atom stereocenters. The molecule has 1 saturated carbocycles. The number of ether oxygens (including phenoxy) is 1. The van der Waals surface area contributed by atoms with Crippen LogP contribution in [0.1, 0.15) is 19.3 Å². The molecule has 1 N–H and O–H groups in total. The number of nitrogens with one attached hydrogen (secondary N) is 1. The molecule has 0 spiro atoms. The first-order chi connectivity index (χ1) is 7.79. The molecular formula is C12H20N2O2. The van der Waals surface area contributed by atoms with E-state index in [2.05, 4.69) is 10.2 Å². The van der Waals surface area contributed by atoms with Crippen LogP contribution in [0.15, 0.2) is 0 Å². The molecule has 3 saturated heterocycles. The van der Waals surface area contributed by atoms with Crippen LogP contribution in [0.2, 0.25) is 0 Å². The summed E-state index contributed by atoms with van der Waals surface area (Å²) in [7, 11) is 1.79. The molecule has 2 bridgehead atoms. The Labute approximate surface area is 96.3 Å². The van der Waals surface area contributed by atoms with E-state index in [1.807, 2.05) is 0 Å². The molecule has 4 aliphatic rings. The zero-order valence-electron chi connectivity index (χ0n) is 9.82. The van der Waals surface area contributed by atoms with Gasteiger partial charge in [-0.15, -0.1) is 0 Å². The van der Waals surface area contributed by atoms with Gasteiger partial charge in [0, 0.05) is 32.0 Å². The molecule has 3 aliphatic heterocycles. The molecule has 4 fully saturated rings. The number of methoxy groups -OCH3 is 1. The first-order valence-corrected chi connectivity index (χ1v) is 6.34. The maximum Gasteiger partial charge on any atom is 0.239 e. The average Bonchev–Trinajstić information content (AvgIpc) is 2.82. The smallest absolute Gasteiger partial charge is 0.239 e. The van der Waals surface area contributed by atoms with Crippen LogP contribution in [-0.4, -0.2) is 49.7 Å². The van der Waals surface area contributed by atoms with Gasteiger partial charge < -0.3 is 15.0 Å². The molecule has 16 heavy (non-hydrogen) atoms. The van der Waals surface area contributed by atoms with Crippen molar-refractivity contribution in [1.29, 1.82) is 0 Å². The van der Waals surface area contributed by atoms with E-state index in [-0.39, 0.29) is 6.04 Å². The normalized spacial score (nSPS) is 41.9. The lowest BCUT2D eigenvalue weighted by atomic mass is 9.68. The topological polar surface area (TPSA) is 41.6 Å². The third-order valence-corrected chi connectivity index (χ3v) is 4.39. The number of carbonyl (C=O) groups excluding carboxylic acids is 1. The lowest BCUT2D eigenvalue weighted by Crippen LogP contribution is -2.62. The van der Waals surface area contributed by atoms with Gasteiger partial charge in [0.15, 0.2) is 0 Å². The van der Waals surface area contributed by atoms with Gasteiger partial charge in [0.1, 0.15) is 0 Å². The monoisotopic (exact) mass is 224 g/mol. The Bertz CT molecular complexity index is 277. The van der Waals surface area contributed by atoms with E-state index in [9.17, 15) is 4.79 Å². The molecule has 0 aromatic heterocycles. The molecule has 0 aromatic carbocycles. The lowest BCUT2D eigenvalue weighted by Gasteiger charge is -2.53. The maximum atomic E-state index is 12.2. The van der Waals surface area contributed by atoms with Crippen LogP contribution < -0.4 is 5.32 Å². The van der Waals surface area contributed by atoms with E-state index in [1.165, 1.54) is 6.42 Å². The van der Waals surface area contributed by atoms with E-state index >= 15 is 0 Å². The van der Waals surface area contributed by atoms with Crippen LogP contribution in [0.3, 0.4) is 0 Å². The second kappa shape index (κ2) is 4.00. The number of hydrogen-bond acceptors (Lipinski definition) is 3. The Balaban J connectivity index is 1.59. The minimum atomic E-state index is 0.0958. The highest BCUT2D eigenvalue weighted by atomic mass is 16.5. The number of hydrogen-bond donors (Lipinski definition) is 1. The molecule has 4 nitrogen and oxygen atoms in total. The average molecular weight is 224 g/mol. The number of piperidine rings is 2. The highest BCUT2D eigenvalue weighted by Crippen LogP contribution is 2.42. The summed E-state index contributed by atoms with van der Waals surface area (Å²) in [6.45, 7) is 2.82. The van der Waals surface area contributed by atoms with Gasteiger partial charge in [-0.25, -0.2) is 0 Å². The van der Waals surface area contributed by atoms with Crippen LogP contribution in [0, 0.1) is 11.8 Å². The van der Waals surface area contributed by atoms with E-state index < -0.39 is 0 Å². The van der Waals surface area contributed by atoms with Gasteiger partial charge in [0.05, 0.1) is 12.1 Å². The van der Waals surface area contributed by atoms with Gasteiger partial charge >= 0.3 is 0 Å². The highest BCUT2D eigenvalue weighted by molar-refractivity contribution is 5.82. The van der Waals surface area contributed by atoms with Crippen molar-refractivity contribution in [2.24, 2.45) is 11.8 Å². The second-order valence-corrected chi connectivity index (χ2v) is 5.35. The first-order valence-electron chi connectivity index (χ1n) is 6.34. The van der Waals surface area contributed by atoms with Crippen molar-refractivity contribution < 1.29 is 9.53 Å². The Morgan fingerprint density at radius 2 is 2.12 bits per heavy atom. The molecule has 1 amide bonds. The summed E-state index contributed by atoms with van der Waals surface area (Å²) in [6.07, 6.45) is 3.82. The highest BCUT2D eigenvalue weighted by Gasteiger charge is 2.48. The molecular weight excluding hydrogens is 204 g/mol. The third-order valence-electron chi connectivity index (χ3n) is 4.39. The van der Waals surface area contributed by atoms with E-state index in [4.69, 9.17) is 4.74 Å². The molecule has 4 rings (SSSR count). The fourth-order valence-electron chi connectivity index (χ4n) is 3.52. The predicted octanol–water partition coefficient (Wildman–Crippen LogP) is 0.232. The molecule has 3 heterocycles. The van der Waals surface area contributed by atoms with E-state index in [1.54, 1.807) is 7.11 Å². The Kier molecular flexibility index (Phi) is 2.64. The van der Waals surface area contributed by atoms with Crippen LogP contribution in [0.4, 0.5) is 0 Å². The van der Waals surface area contributed by atoms with Crippen molar-refractivity contribution in [2.45, 2.75) is 31.4 Å². The van der Waals surface area contributed by atoms with Crippen LogP contribution in [-0.2, 0) is 9.53 Å². The summed E-state index contributed by atoms with van der Waals surface area (Å²) in [5, 5.41) is 3.29. The van der Waals surface area contributed by atoms with Crippen LogP contribution in [0.5, 0.6) is 0 Å². The summed E-state index contributed by atoms with van der Waals surface area (Å²) in [4.78, 5) is 14.2. The summed E-state index contributed by atoms with van der Waals surface area (Å²) in [6, 6.07) is 0.0958. The van der Waals surface area contributed by atoms with Gasteiger partial charge in [0.25, 0.3) is 0 Å². The fraction of sp³-hybridized carbons (Fsp3) is 0.917. The van der Waals surface area contributed by atoms with Crippen LogP contribution >= 0.6 is 0 Å². The van der Waals surface area contributed by atoms with Crippen molar-refractivity contribution >= 4 is 5.91 Å². The van der Waals surface area contributed by atoms with Gasteiger partial charge in [-0.3, -0.25) is 4.79 Å².